The predicted octanol–water partition coefficient (Wildman–Crippen LogP) is 2.47. The number of Topliss-reactive ketones (excluding diaryl/α,β-unsaturated/α-hetero) is 1. The van der Waals surface area contributed by atoms with Crippen LogP contribution < -0.4 is 0 Å². The summed E-state index contributed by atoms with van der Waals surface area (Å²) >= 11 is 0. The molecule has 72 valence electrons. The second kappa shape index (κ2) is 3.74. The standard InChI is InChI=1S/C12H13NO/c1-9-8-10(5-6-12(9)14)11-4-2-3-7-13-11/h2-4,7,10H,1,5-6,8H2. The molecule has 1 aromatic rings. The van der Waals surface area contributed by atoms with Crippen molar-refractivity contribution in [3.05, 3.63) is 42.2 Å². The maximum Gasteiger partial charge on any atom is 0.158 e. The van der Waals surface area contributed by atoms with Crippen LogP contribution in [0, 0.1) is 0 Å². The molecular formula is C12H13NO. The van der Waals surface area contributed by atoms with Crippen molar-refractivity contribution in [1.29, 1.82) is 0 Å². The van der Waals surface area contributed by atoms with Gasteiger partial charge in [-0.05, 0) is 30.5 Å². The molecule has 0 spiro atoms. The summed E-state index contributed by atoms with van der Waals surface area (Å²) in [4.78, 5) is 15.6. The fourth-order valence-electron chi connectivity index (χ4n) is 1.87. The Morgan fingerprint density at radius 1 is 1.43 bits per heavy atom. The monoisotopic (exact) mass is 187 g/mol. The number of carbonyl (C=O) groups excluding carboxylic acids is 1. The summed E-state index contributed by atoms with van der Waals surface area (Å²) in [5.41, 5.74) is 1.84. The molecule has 1 atom stereocenters. The highest BCUT2D eigenvalue weighted by atomic mass is 16.1. The van der Waals surface area contributed by atoms with E-state index in [1.54, 1.807) is 6.20 Å². The van der Waals surface area contributed by atoms with Gasteiger partial charge in [0, 0.05) is 24.2 Å². The molecule has 0 saturated heterocycles. The molecule has 14 heavy (non-hydrogen) atoms. The van der Waals surface area contributed by atoms with Gasteiger partial charge in [-0.2, -0.15) is 0 Å². The number of allylic oxidation sites excluding steroid dienone is 1. The molecule has 0 bridgehead atoms. The van der Waals surface area contributed by atoms with Crippen molar-refractivity contribution in [1.82, 2.24) is 4.98 Å². The SMILES string of the molecule is C=C1CC(c2ccccn2)CCC1=O. The maximum atomic E-state index is 11.3. The molecule has 1 unspecified atom stereocenters. The van der Waals surface area contributed by atoms with Crippen LogP contribution in [0.2, 0.25) is 0 Å². The van der Waals surface area contributed by atoms with Crippen LogP contribution in [0.4, 0.5) is 0 Å². The summed E-state index contributed by atoms with van der Waals surface area (Å²) in [6.07, 6.45) is 4.11. The van der Waals surface area contributed by atoms with Crippen molar-refractivity contribution in [3.8, 4) is 0 Å². The molecular weight excluding hydrogens is 174 g/mol. The van der Waals surface area contributed by atoms with Crippen LogP contribution in [0.15, 0.2) is 36.5 Å². The minimum atomic E-state index is 0.220. The summed E-state index contributed by atoms with van der Waals surface area (Å²) in [7, 11) is 0. The maximum absolute atomic E-state index is 11.3. The average molecular weight is 187 g/mol. The second-order valence-corrected chi connectivity index (χ2v) is 3.72. The van der Waals surface area contributed by atoms with Crippen LogP contribution in [0.1, 0.15) is 30.9 Å². The van der Waals surface area contributed by atoms with Gasteiger partial charge in [0.25, 0.3) is 0 Å². The van der Waals surface area contributed by atoms with Gasteiger partial charge in [0.15, 0.2) is 5.78 Å². The Hall–Kier alpha value is -1.44. The second-order valence-electron chi connectivity index (χ2n) is 3.72. The molecule has 0 radical (unpaired) electrons. The van der Waals surface area contributed by atoms with E-state index >= 15 is 0 Å². The Kier molecular flexibility index (Phi) is 2.44. The van der Waals surface area contributed by atoms with Crippen molar-refractivity contribution < 1.29 is 4.79 Å². The minimum absolute atomic E-state index is 0.220. The molecule has 2 heteroatoms. The molecule has 0 aromatic carbocycles. The van der Waals surface area contributed by atoms with E-state index in [0.29, 0.717) is 12.3 Å². The number of rotatable bonds is 1. The molecule has 1 aliphatic rings. The first kappa shape index (κ1) is 9.13. The molecule has 1 aliphatic carbocycles. The predicted molar refractivity (Wildman–Crippen MR) is 55.0 cm³/mol. The topological polar surface area (TPSA) is 30.0 Å². The van der Waals surface area contributed by atoms with Gasteiger partial charge in [-0.25, -0.2) is 0 Å². The molecule has 2 rings (SSSR count). The van der Waals surface area contributed by atoms with Gasteiger partial charge >= 0.3 is 0 Å². The molecule has 1 fully saturated rings. The quantitative estimate of drug-likeness (QED) is 0.632. The van der Waals surface area contributed by atoms with Crippen molar-refractivity contribution >= 4 is 5.78 Å². The number of hydrogen-bond donors (Lipinski definition) is 0. The van der Waals surface area contributed by atoms with Crippen molar-refractivity contribution in [2.24, 2.45) is 0 Å². The first-order chi connectivity index (χ1) is 6.77. The fourth-order valence-corrected chi connectivity index (χ4v) is 1.87. The van der Waals surface area contributed by atoms with Gasteiger partial charge in [-0.15, -0.1) is 0 Å². The Labute approximate surface area is 83.7 Å². The summed E-state index contributed by atoms with van der Waals surface area (Å²) in [6.45, 7) is 3.79. The fraction of sp³-hybridized carbons (Fsp3) is 0.333. The van der Waals surface area contributed by atoms with E-state index in [2.05, 4.69) is 11.6 Å². The highest BCUT2D eigenvalue weighted by Crippen LogP contribution is 2.31. The van der Waals surface area contributed by atoms with E-state index in [-0.39, 0.29) is 5.78 Å². The first-order valence-corrected chi connectivity index (χ1v) is 4.89. The third kappa shape index (κ3) is 1.74. The van der Waals surface area contributed by atoms with Gasteiger partial charge in [0.05, 0.1) is 0 Å². The Morgan fingerprint density at radius 2 is 2.29 bits per heavy atom. The van der Waals surface area contributed by atoms with Crippen molar-refractivity contribution in [2.75, 3.05) is 0 Å². The summed E-state index contributed by atoms with van der Waals surface area (Å²) in [5, 5.41) is 0. The van der Waals surface area contributed by atoms with E-state index in [0.717, 1.165) is 24.1 Å². The van der Waals surface area contributed by atoms with E-state index in [9.17, 15) is 4.79 Å². The zero-order valence-corrected chi connectivity index (χ0v) is 8.07. The number of pyridine rings is 1. The van der Waals surface area contributed by atoms with E-state index < -0.39 is 0 Å². The van der Waals surface area contributed by atoms with Crippen LogP contribution in [0.25, 0.3) is 0 Å². The first-order valence-electron chi connectivity index (χ1n) is 4.89. The summed E-state index contributed by atoms with van der Waals surface area (Å²) in [6, 6.07) is 5.92. The lowest BCUT2D eigenvalue weighted by molar-refractivity contribution is -0.116. The number of carbonyl (C=O) groups is 1. The number of hydrogen-bond acceptors (Lipinski definition) is 2. The van der Waals surface area contributed by atoms with Gasteiger partial charge in [-0.3, -0.25) is 9.78 Å². The highest BCUT2D eigenvalue weighted by molar-refractivity contribution is 5.95. The molecule has 1 saturated carbocycles. The molecule has 0 aliphatic heterocycles. The third-order valence-corrected chi connectivity index (χ3v) is 2.71. The van der Waals surface area contributed by atoms with Gasteiger partial charge in [0.1, 0.15) is 0 Å². The lowest BCUT2D eigenvalue weighted by Gasteiger charge is -2.21. The molecule has 0 N–H and O–H groups in total. The minimum Gasteiger partial charge on any atom is -0.295 e. The van der Waals surface area contributed by atoms with Crippen molar-refractivity contribution in [2.45, 2.75) is 25.2 Å². The molecule has 2 nitrogen and oxygen atoms in total. The van der Waals surface area contributed by atoms with E-state index in [1.807, 2.05) is 18.2 Å². The summed E-state index contributed by atoms with van der Waals surface area (Å²) in [5.74, 6) is 0.610. The van der Waals surface area contributed by atoms with Crippen LogP contribution in [-0.2, 0) is 4.79 Å². The third-order valence-electron chi connectivity index (χ3n) is 2.71. The van der Waals surface area contributed by atoms with Crippen LogP contribution in [0.5, 0.6) is 0 Å². The van der Waals surface area contributed by atoms with E-state index in [1.165, 1.54) is 0 Å². The number of ketones is 1. The van der Waals surface area contributed by atoms with Gasteiger partial charge < -0.3 is 0 Å². The van der Waals surface area contributed by atoms with Crippen LogP contribution in [-0.4, -0.2) is 10.8 Å². The normalized spacial score (nSPS) is 22.4. The number of aromatic nitrogens is 1. The lowest BCUT2D eigenvalue weighted by atomic mass is 9.83. The summed E-state index contributed by atoms with van der Waals surface area (Å²) < 4.78 is 0. The smallest absolute Gasteiger partial charge is 0.158 e. The number of nitrogens with zero attached hydrogens (tertiary/aromatic N) is 1. The van der Waals surface area contributed by atoms with Crippen LogP contribution in [0.3, 0.4) is 0 Å². The Bertz CT molecular complexity index is 356. The highest BCUT2D eigenvalue weighted by Gasteiger charge is 2.23. The zero-order chi connectivity index (χ0) is 9.97. The Balaban J connectivity index is 2.14. The van der Waals surface area contributed by atoms with Crippen molar-refractivity contribution in [3.63, 3.8) is 0 Å². The van der Waals surface area contributed by atoms with Gasteiger partial charge in [0.2, 0.25) is 0 Å². The zero-order valence-electron chi connectivity index (χ0n) is 8.07. The largest absolute Gasteiger partial charge is 0.295 e. The average Bonchev–Trinajstić information content (AvgIpc) is 2.23. The lowest BCUT2D eigenvalue weighted by Crippen LogP contribution is -2.15. The Morgan fingerprint density at radius 3 is 2.93 bits per heavy atom. The molecule has 0 amide bonds. The van der Waals surface area contributed by atoms with E-state index in [4.69, 9.17) is 0 Å². The molecule has 1 heterocycles. The van der Waals surface area contributed by atoms with Crippen LogP contribution >= 0.6 is 0 Å². The van der Waals surface area contributed by atoms with Gasteiger partial charge in [-0.1, -0.05) is 12.6 Å². The molecule has 1 aromatic heterocycles.